The second-order valence-electron chi connectivity index (χ2n) is 7.27. The van der Waals surface area contributed by atoms with Crippen LogP contribution in [0, 0.1) is 30.1 Å². The van der Waals surface area contributed by atoms with Gasteiger partial charge in [-0.25, -0.2) is 4.98 Å². The zero-order valence-corrected chi connectivity index (χ0v) is 15.9. The van der Waals surface area contributed by atoms with E-state index in [1.165, 1.54) is 11.3 Å². The molecule has 2 bridgehead atoms. The number of amides is 1. The Morgan fingerprint density at radius 1 is 1.32 bits per heavy atom. The molecule has 0 aliphatic heterocycles. The molecule has 0 spiro atoms. The molecule has 1 N–H and O–H groups in total. The van der Waals surface area contributed by atoms with Gasteiger partial charge in [-0.2, -0.15) is 0 Å². The van der Waals surface area contributed by atoms with Gasteiger partial charge in [0.05, 0.1) is 15.9 Å². The Morgan fingerprint density at radius 2 is 1.95 bits per heavy atom. The average Bonchev–Trinajstić information content (AvgIpc) is 2.88. The molecule has 1 aromatic heterocycles. The number of aryl methyl sites for hydroxylation is 2. The van der Waals surface area contributed by atoms with Crippen molar-refractivity contribution in [3.8, 4) is 0 Å². The summed E-state index contributed by atoms with van der Waals surface area (Å²) in [6.07, 6.45) is 1.50. The first-order valence-electron chi connectivity index (χ1n) is 7.52. The van der Waals surface area contributed by atoms with Crippen molar-refractivity contribution in [1.82, 2.24) is 4.98 Å². The number of thiazole rings is 1. The summed E-state index contributed by atoms with van der Waals surface area (Å²) < 4.78 is 0. The molecule has 1 amide bonds. The summed E-state index contributed by atoms with van der Waals surface area (Å²) >= 11 is 5.02. The number of hydrogen-bond donors (Lipinski definition) is 1. The minimum absolute atomic E-state index is 0.0808. The zero-order valence-electron chi connectivity index (χ0n) is 13.5. The van der Waals surface area contributed by atoms with Gasteiger partial charge in [-0.1, -0.05) is 36.7 Å². The SMILES string of the molecule is Cc1nc(NC(=O)[C@@]23CC[C@@](C)(C(=O)[C@@H]2Br)C3(C)C)sc1C. The average molecular weight is 385 g/mol. The number of alkyl halides is 1. The fourth-order valence-corrected chi connectivity index (χ4v) is 6.51. The number of nitrogens with one attached hydrogen (secondary N) is 1. The topological polar surface area (TPSA) is 59.1 Å². The van der Waals surface area contributed by atoms with Gasteiger partial charge in [-0.05, 0) is 32.1 Å². The highest BCUT2D eigenvalue weighted by atomic mass is 79.9. The Bertz CT molecular complexity index is 664. The van der Waals surface area contributed by atoms with Gasteiger partial charge in [0.1, 0.15) is 0 Å². The number of nitrogens with zero attached hydrogens (tertiary/aromatic N) is 1. The van der Waals surface area contributed by atoms with Crippen molar-refractivity contribution in [2.24, 2.45) is 16.2 Å². The van der Waals surface area contributed by atoms with E-state index in [-0.39, 0.29) is 17.1 Å². The number of anilines is 1. The highest BCUT2D eigenvalue weighted by molar-refractivity contribution is 9.10. The van der Waals surface area contributed by atoms with E-state index in [9.17, 15) is 9.59 Å². The number of aromatic nitrogens is 1. The molecular formula is C16H21BrN2O2S. The molecule has 2 aliphatic carbocycles. The van der Waals surface area contributed by atoms with Crippen LogP contribution in [0.15, 0.2) is 0 Å². The molecule has 120 valence electrons. The van der Waals surface area contributed by atoms with Crippen LogP contribution in [0.1, 0.15) is 44.2 Å². The van der Waals surface area contributed by atoms with Gasteiger partial charge in [0.2, 0.25) is 5.91 Å². The lowest BCUT2D eigenvalue weighted by molar-refractivity contribution is -0.130. The smallest absolute Gasteiger partial charge is 0.234 e. The summed E-state index contributed by atoms with van der Waals surface area (Å²) in [4.78, 5) is 30.9. The van der Waals surface area contributed by atoms with Crippen molar-refractivity contribution < 1.29 is 9.59 Å². The van der Waals surface area contributed by atoms with E-state index in [1.54, 1.807) is 0 Å². The van der Waals surface area contributed by atoms with E-state index in [2.05, 4.69) is 40.1 Å². The molecule has 2 saturated carbocycles. The molecule has 3 atom stereocenters. The van der Waals surface area contributed by atoms with Gasteiger partial charge in [0.15, 0.2) is 10.9 Å². The molecule has 22 heavy (non-hydrogen) atoms. The first kappa shape index (κ1) is 16.1. The summed E-state index contributed by atoms with van der Waals surface area (Å²) in [5, 5.41) is 3.60. The summed E-state index contributed by atoms with van der Waals surface area (Å²) in [6.45, 7) is 10.0. The predicted octanol–water partition coefficient (Wildman–Crippen LogP) is 3.86. The first-order valence-corrected chi connectivity index (χ1v) is 9.25. The molecule has 0 unspecified atom stereocenters. The Morgan fingerprint density at radius 3 is 2.41 bits per heavy atom. The number of rotatable bonds is 2. The Hall–Kier alpha value is -0.750. The molecule has 1 aromatic rings. The fourth-order valence-electron chi connectivity index (χ4n) is 4.19. The number of fused-ring (bicyclic) bond motifs is 2. The van der Waals surface area contributed by atoms with Crippen LogP contribution in [0.2, 0.25) is 0 Å². The highest BCUT2D eigenvalue weighted by Gasteiger charge is 2.76. The molecule has 0 aromatic carbocycles. The number of hydrogen-bond acceptors (Lipinski definition) is 4. The van der Waals surface area contributed by atoms with E-state index in [4.69, 9.17) is 0 Å². The molecule has 4 nitrogen and oxygen atoms in total. The van der Waals surface area contributed by atoms with Gasteiger partial charge in [-0.3, -0.25) is 9.59 Å². The van der Waals surface area contributed by atoms with Crippen molar-refractivity contribution in [3.05, 3.63) is 10.6 Å². The number of Topliss-reactive ketones (excluding diaryl/α,β-unsaturated/α-hetero) is 1. The van der Waals surface area contributed by atoms with E-state index in [0.717, 1.165) is 23.4 Å². The van der Waals surface area contributed by atoms with Crippen molar-refractivity contribution >= 4 is 44.1 Å². The number of ketones is 1. The third-order valence-electron chi connectivity index (χ3n) is 6.37. The number of carbonyl (C=O) groups is 2. The van der Waals surface area contributed by atoms with Crippen LogP contribution < -0.4 is 5.32 Å². The number of carbonyl (C=O) groups excluding carboxylic acids is 2. The van der Waals surface area contributed by atoms with Crippen LogP contribution in [0.3, 0.4) is 0 Å². The van der Waals surface area contributed by atoms with E-state index in [1.807, 2.05) is 20.8 Å². The van der Waals surface area contributed by atoms with Crippen molar-refractivity contribution in [2.45, 2.75) is 52.3 Å². The molecule has 0 saturated heterocycles. The maximum Gasteiger partial charge on any atom is 0.234 e. The van der Waals surface area contributed by atoms with Crippen molar-refractivity contribution in [2.75, 3.05) is 5.32 Å². The van der Waals surface area contributed by atoms with Crippen molar-refractivity contribution in [3.63, 3.8) is 0 Å². The van der Waals surface area contributed by atoms with Crippen LogP contribution >= 0.6 is 27.3 Å². The fraction of sp³-hybridized carbons (Fsp3) is 0.688. The summed E-state index contributed by atoms with van der Waals surface area (Å²) in [7, 11) is 0. The monoisotopic (exact) mass is 384 g/mol. The zero-order chi connectivity index (χ0) is 16.5. The minimum Gasteiger partial charge on any atom is -0.301 e. The van der Waals surface area contributed by atoms with Gasteiger partial charge in [0.25, 0.3) is 0 Å². The van der Waals surface area contributed by atoms with Crippen LogP contribution in [-0.4, -0.2) is 21.5 Å². The maximum atomic E-state index is 13.1. The van der Waals surface area contributed by atoms with Crippen LogP contribution in [0.25, 0.3) is 0 Å². The lowest BCUT2D eigenvalue weighted by Gasteiger charge is -2.39. The van der Waals surface area contributed by atoms with Gasteiger partial charge in [0, 0.05) is 10.3 Å². The Balaban J connectivity index is 1.99. The standard InChI is InChI=1S/C16H21BrN2O2S/c1-8-9(2)22-13(18-8)19-12(21)16-7-6-15(5,14(16,3)4)11(20)10(16)17/h10H,6-7H2,1-5H3,(H,18,19,21)/t10-,15-,16+/m0/s1. The van der Waals surface area contributed by atoms with Gasteiger partial charge < -0.3 is 5.32 Å². The maximum absolute atomic E-state index is 13.1. The first-order chi connectivity index (χ1) is 10.1. The third kappa shape index (κ3) is 1.65. The van der Waals surface area contributed by atoms with E-state index in [0.29, 0.717) is 5.13 Å². The quantitative estimate of drug-likeness (QED) is 0.787. The molecule has 1 heterocycles. The summed E-state index contributed by atoms with van der Waals surface area (Å²) in [5.74, 6) is 0.0769. The van der Waals surface area contributed by atoms with Gasteiger partial charge in [-0.15, -0.1) is 11.3 Å². The molecule has 3 rings (SSSR count). The largest absolute Gasteiger partial charge is 0.301 e. The molecule has 0 radical (unpaired) electrons. The highest BCUT2D eigenvalue weighted by Crippen LogP contribution is 2.72. The van der Waals surface area contributed by atoms with Crippen LogP contribution in [0.4, 0.5) is 5.13 Å². The lowest BCUT2D eigenvalue weighted by Crippen LogP contribution is -2.47. The normalized spacial score (nSPS) is 35.9. The second-order valence-corrected chi connectivity index (χ2v) is 9.39. The molecule has 2 aliphatic rings. The third-order valence-corrected chi connectivity index (χ3v) is 8.56. The Labute approximate surface area is 143 Å². The molecule has 6 heteroatoms. The molecule has 2 fully saturated rings. The van der Waals surface area contributed by atoms with Crippen LogP contribution in [-0.2, 0) is 9.59 Å². The summed E-state index contributed by atoms with van der Waals surface area (Å²) in [6, 6.07) is 0. The Kier molecular flexibility index (Phi) is 3.39. The van der Waals surface area contributed by atoms with Crippen LogP contribution in [0.5, 0.6) is 0 Å². The predicted molar refractivity (Wildman–Crippen MR) is 91.5 cm³/mol. The van der Waals surface area contributed by atoms with E-state index < -0.39 is 15.7 Å². The lowest BCUT2D eigenvalue weighted by atomic mass is 9.64. The minimum atomic E-state index is -0.702. The van der Waals surface area contributed by atoms with E-state index >= 15 is 0 Å². The van der Waals surface area contributed by atoms with Crippen molar-refractivity contribution in [1.29, 1.82) is 0 Å². The number of halogens is 1. The van der Waals surface area contributed by atoms with Gasteiger partial charge >= 0.3 is 0 Å². The second kappa shape index (κ2) is 4.63. The molecular weight excluding hydrogens is 364 g/mol. The summed E-state index contributed by atoms with van der Waals surface area (Å²) in [5.41, 5.74) is -0.581.